The number of nitrogens with two attached hydrogens (primary N) is 1. The number of carboxylic acid groups (broad SMARTS) is 1. The SMILES string of the molecule is Cc1ncc(C[AsH]c2ccc(-c3ccc(C(=N)N)cc3)cc2)c(CNCCCCCC(=O)O)c1O. The van der Waals surface area contributed by atoms with Gasteiger partial charge in [0.2, 0.25) is 0 Å². The third kappa shape index (κ3) is 7.94. The predicted molar refractivity (Wildman–Crippen MR) is 142 cm³/mol. The Bertz CT molecular complexity index is 1150. The van der Waals surface area contributed by atoms with Crippen LogP contribution in [-0.4, -0.2) is 49.3 Å². The number of nitrogens with one attached hydrogen (secondary N) is 2. The zero-order valence-electron chi connectivity index (χ0n) is 20.0. The van der Waals surface area contributed by atoms with Gasteiger partial charge < -0.3 is 0 Å². The molecule has 0 radical (unpaired) electrons. The van der Waals surface area contributed by atoms with E-state index in [1.807, 2.05) is 37.4 Å². The normalized spacial score (nSPS) is 11.2. The third-order valence-electron chi connectivity index (χ3n) is 5.87. The molecule has 0 fully saturated rings. The molecule has 0 saturated heterocycles. The summed E-state index contributed by atoms with van der Waals surface area (Å²) >= 11 is -0.456. The molecule has 1 unspecified atom stereocenters. The fourth-order valence-corrected chi connectivity index (χ4v) is 6.08. The molecule has 0 aliphatic rings. The average molecular weight is 537 g/mol. The molecule has 3 rings (SSSR count). The second kappa shape index (κ2) is 13.1. The van der Waals surface area contributed by atoms with Crippen LogP contribution in [0.3, 0.4) is 0 Å². The minimum atomic E-state index is -0.749. The van der Waals surface area contributed by atoms with Gasteiger partial charge in [0.25, 0.3) is 0 Å². The second-order valence-electron chi connectivity index (χ2n) is 8.50. The van der Waals surface area contributed by atoms with Crippen LogP contribution in [0.25, 0.3) is 11.1 Å². The van der Waals surface area contributed by atoms with Crippen LogP contribution < -0.4 is 15.4 Å². The summed E-state index contributed by atoms with van der Waals surface area (Å²) < 4.78 is 1.33. The first-order valence-electron chi connectivity index (χ1n) is 11.7. The van der Waals surface area contributed by atoms with Crippen molar-refractivity contribution in [2.24, 2.45) is 5.73 Å². The van der Waals surface area contributed by atoms with Gasteiger partial charge >= 0.3 is 213 Å². The number of aromatic nitrogens is 1. The number of carboxylic acids is 1. The zero-order chi connectivity index (χ0) is 25.2. The van der Waals surface area contributed by atoms with Gasteiger partial charge in [-0.05, 0) is 0 Å². The van der Waals surface area contributed by atoms with Crippen molar-refractivity contribution in [3.05, 3.63) is 77.1 Å². The Kier molecular flexibility index (Phi) is 9.88. The van der Waals surface area contributed by atoms with Crippen LogP contribution in [0.15, 0.2) is 54.7 Å². The summed E-state index contributed by atoms with van der Waals surface area (Å²) in [7, 11) is 0. The molecular formula is C27H33AsN4O3. The van der Waals surface area contributed by atoms with Gasteiger partial charge in [0.15, 0.2) is 0 Å². The third-order valence-corrected chi connectivity index (χ3v) is 8.60. The van der Waals surface area contributed by atoms with Crippen LogP contribution in [-0.2, 0) is 16.5 Å². The number of carbonyl (C=O) groups is 1. The first-order chi connectivity index (χ1) is 16.8. The number of hydrogen-bond donors (Lipinski definition) is 5. The number of hydrogen-bond acceptors (Lipinski definition) is 5. The monoisotopic (exact) mass is 536 g/mol. The van der Waals surface area contributed by atoms with Crippen LogP contribution in [0.5, 0.6) is 5.75 Å². The van der Waals surface area contributed by atoms with Crippen molar-refractivity contribution in [2.75, 3.05) is 6.54 Å². The molecule has 1 heterocycles. The number of aromatic hydroxyl groups is 1. The van der Waals surface area contributed by atoms with Crippen molar-refractivity contribution in [3.8, 4) is 16.9 Å². The van der Waals surface area contributed by atoms with E-state index >= 15 is 0 Å². The molecule has 1 atom stereocenters. The fourth-order valence-electron chi connectivity index (χ4n) is 3.77. The van der Waals surface area contributed by atoms with E-state index < -0.39 is 21.7 Å². The number of nitrogens with zero attached hydrogens (tertiary/aromatic N) is 1. The Labute approximate surface area is 213 Å². The molecule has 0 saturated carbocycles. The van der Waals surface area contributed by atoms with Gasteiger partial charge in [-0.3, -0.25) is 0 Å². The van der Waals surface area contributed by atoms with Crippen LogP contribution in [0.4, 0.5) is 0 Å². The topological polar surface area (TPSA) is 132 Å². The minimum absolute atomic E-state index is 0.0687. The van der Waals surface area contributed by atoms with Crippen molar-refractivity contribution in [2.45, 2.75) is 44.4 Å². The van der Waals surface area contributed by atoms with Crippen molar-refractivity contribution in [1.29, 1.82) is 5.41 Å². The second-order valence-corrected chi connectivity index (χ2v) is 11.2. The van der Waals surface area contributed by atoms with Crippen molar-refractivity contribution in [3.63, 3.8) is 0 Å². The summed E-state index contributed by atoms with van der Waals surface area (Å²) in [5.74, 6) is -0.419. The van der Waals surface area contributed by atoms with E-state index in [9.17, 15) is 9.90 Å². The van der Waals surface area contributed by atoms with E-state index in [1.165, 1.54) is 4.35 Å². The number of benzene rings is 2. The first kappa shape index (κ1) is 26.5. The number of rotatable bonds is 13. The number of nitrogen functional groups attached to an aromatic ring is 1. The molecular weight excluding hydrogens is 503 g/mol. The summed E-state index contributed by atoms with van der Waals surface area (Å²) in [6.45, 7) is 3.17. The molecule has 0 aliphatic carbocycles. The van der Waals surface area contributed by atoms with Gasteiger partial charge in [-0.25, -0.2) is 0 Å². The molecule has 0 aliphatic heterocycles. The summed E-state index contributed by atoms with van der Waals surface area (Å²) in [6, 6.07) is 16.3. The number of pyridine rings is 1. The zero-order valence-corrected chi connectivity index (χ0v) is 22.1. The van der Waals surface area contributed by atoms with E-state index in [2.05, 4.69) is 34.6 Å². The molecule has 6 N–H and O–H groups in total. The maximum atomic E-state index is 10.6. The van der Waals surface area contributed by atoms with Gasteiger partial charge in [0, 0.05) is 0 Å². The molecule has 7 nitrogen and oxygen atoms in total. The molecule has 0 bridgehead atoms. The average Bonchev–Trinajstić information content (AvgIpc) is 2.85. The van der Waals surface area contributed by atoms with Crippen LogP contribution in [0, 0.1) is 12.3 Å². The molecule has 35 heavy (non-hydrogen) atoms. The van der Waals surface area contributed by atoms with Gasteiger partial charge in [-0.1, -0.05) is 0 Å². The first-order valence-corrected chi connectivity index (χ1v) is 14.3. The van der Waals surface area contributed by atoms with Crippen LogP contribution >= 0.6 is 0 Å². The van der Waals surface area contributed by atoms with Gasteiger partial charge in [0.05, 0.1) is 0 Å². The van der Waals surface area contributed by atoms with E-state index in [4.69, 9.17) is 16.2 Å². The quantitative estimate of drug-likeness (QED) is 0.0988. The van der Waals surface area contributed by atoms with E-state index in [1.54, 1.807) is 0 Å². The Balaban J connectivity index is 1.57. The molecule has 1 aromatic heterocycles. The van der Waals surface area contributed by atoms with E-state index in [0.717, 1.165) is 52.4 Å². The van der Waals surface area contributed by atoms with E-state index in [-0.39, 0.29) is 18.0 Å². The standard InChI is InChI=1S/C27H33AsN4O3/c1-18-26(35)24(17-31-14-4-2-3-5-25(33)34)22(16-32-18)15-28-23-12-10-20(11-13-23)19-6-8-21(9-7-19)27(29)30/h6-13,16,28,31,35H,2-5,14-15,17H2,1H3,(H3,29,30)(H,33,34). The number of unbranched alkanes of at least 4 members (excludes halogenated alkanes) is 2. The van der Waals surface area contributed by atoms with Gasteiger partial charge in [-0.15, -0.1) is 0 Å². The summed E-state index contributed by atoms with van der Waals surface area (Å²) in [5, 5.41) is 31.1. The number of aryl methyl sites for hydroxylation is 1. The molecule has 2 aromatic carbocycles. The van der Waals surface area contributed by atoms with Crippen molar-refractivity contribution >= 4 is 31.9 Å². The molecule has 0 spiro atoms. The van der Waals surface area contributed by atoms with Crippen molar-refractivity contribution < 1.29 is 15.0 Å². The summed E-state index contributed by atoms with van der Waals surface area (Å²) in [4.78, 5) is 15.0. The number of aliphatic carboxylic acids is 1. The van der Waals surface area contributed by atoms with Crippen LogP contribution in [0.1, 0.15) is 48.1 Å². The molecule has 3 aromatic rings. The Hall–Kier alpha value is -3.15. The van der Waals surface area contributed by atoms with Gasteiger partial charge in [-0.2, -0.15) is 0 Å². The Morgan fingerprint density at radius 2 is 1.71 bits per heavy atom. The Morgan fingerprint density at radius 3 is 2.34 bits per heavy atom. The predicted octanol–water partition coefficient (Wildman–Crippen LogP) is 3.04. The Morgan fingerprint density at radius 1 is 1.06 bits per heavy atom. The summed E-state index contributed by atoms with van der Waals surface area (Å²) in [6.07, 6.45) is 4.57. The number of amidine groups is 1. The summed E-state index contributed by atoms with van der Waals surface area (Å²) in [5.41, 5.74) is 11.1. The molecule has 0 amide bonds. The maximum absolute atomic E-state index is 10.6. The fraction of sp³-hybridized carbons (Fsp3) is 0.296. The molecule has 184 valence electrons. The van der Waals surface area contributed by atoms with E-state index in [0.29, 0.717) is 18.7 Å². The van der Waals surface area contributed by atoms with Crippen molar-refractivity contribution in [1.82, 2.24) is 10.3 Å². The molecule has 8 heteroatoms. The van der Waals surface area contributed by atoms with Gasteiger partial charge in [0.1, 0.15) is 0 Å². The van der Waals surface area contributed by atoms with Crippen LogP contribution in [0.2, 0.25) is 0 Å².